The van der Waals surface area contributed by atoms with Gasteiger partial charge in [-0.15, -0.1) is 0 Å². The molecule has 0 radical (unpaired) electrons. The van der Waals surface area contributed by atoms with E-state index in [9.17, 15) is 9.18 Å². The van der Waals surface area contributed by atoms with Gasteiger partial charge in [0.1, 0.15) is 11.6 Å². The fraction of sp³-hybridized carbons (Fsp3) is 0.300. The van der Waals surface area contributed by atoms with Gasteiger partial charge < -0.3 is 4.98 Å². The van der Waals surface area contributed by atoms with E-state index in [1.54, 1.807) is 12.1 Å². The summed E-state index contributed by atoms with van der Waals surface area (Å²) < 4.78 is 14.0. The van der Waals surface area contributed by atoms with E-state index in [2.05, 4.69) is 14.9 Å². The fourth-order valence-corrected chi connectivity index (χ4v) is 3.22. The Labute approximate surface area is 145 Å². The molecule has 1 heterocycles. The number of nitrogens with zero attached hydrogens (tertiary/aromatic N) is 2. The van der Waals surface area contributed by atoms with Crippen LogP contribution >= 0.6 is 0 Å². The molecule has 0 atom stereocenters. The molecule has 0 amide bonds. The number of benzene rings is 2. The van der Waals surface area contributed by atoms with Gasteiger partial charge in [0.25, 0.3) is 5.56 Å². The lowest BCUT2D eigenvalue weighted by Gasteiger charge is -2.22. The molecular formula is C20H20FN3O. The van der Waals surface area contributed by atoms with Crippen molar-refractivity contribution in [2.75, 3.05) is 0 Å². The van der Waals surface area contributed by atoms with Gasteiger partial charge in [-0.25, -0.2) is 9.37 Å². The van der Waals surface area contributed by atoms with Gasteiger partial charge in [0.05, 0.1) is 17.4 Å². The molecule has 0 saturated heterocycles. The van der Waals surface area contributed by atoms with Gasteiger partial charge >= 0.3 is 0 Å². The van der Waals surface area contributed by atoms with Crippen LogP contribution in [0.4, 0.5) is 4.39 Å². The van der Waals surface area contributed by atoms with E-state index in [0.29, 0.717) is 35.9 Å². The third-order valence-electron chi connectivity index (χ3n) is 4.73. The fourth-order valence-electron chi connectivity index (χ4n) is 3.22. The van der Waals surface area contributed by atoms with Crippen molar-refractivity contribution in [1.29, 1.82) is 0 Å². The molecule has 0 spiro atoms. The van der Waals surface area contributed by atoms with Crippen molar-refractivity contribution in [3.05, 3.63) is 75.6 Å². The van der Waals surface area contributed by atoms with Crippen LogP contribution < -0.4 is 5.56 Å². The number of rotatable bonds is 5. The second kappa shape index (κ2) is 6.41. The van der Waals surface area contributed by atoms with Crippen molar-refractivity contribution in [3.8, 4) is 0 Å². The van der Waals surface area contributed by atoms with Gasteiger partial charge in [-0.2, -0.15) is 0 Å². The Morgan fingerprint density at radius 2 is 1.96 bits per heavy atom. The minimum atomic E-state index is -0.191. The molecule has 2 aromatic carbocycles. The average molecular weight is 337 g/mol. The Bertz CT molecular complexity index is 978. The van der Waals surface area contributed by atoms with Crippen LogP contribution in [-0.2, 0) is 13.1 Å². The first kappa shape index (κ1) is 16.0. The van der Waals surface area contributed by atoms with Crippen molar-refractivity contribution < 1.29 is 4.39 Å². The summed E-state index contributed by atoms with van der Waals surface area (Å²) in [6.45, 7) is 2.99. The third kappa shape index (κ3) is 3.33. The van der Waals surface area contributed by atoms with E-state index in [1.165, 1.54) is 6.07 Å². The van der Waals surface area contributed by atoms with Crippen molar-refractivity contribution in [3.63, 3.8) is 0 Å². The molecule has 0 unspecified atom stereocenters. The zero-order valence-corrected chi connectivity index (χ0v) is 14.1. The number of nitrogens with one attached hydrogen (secondary N) is 1. The van der Waals surface area contributed by atoms with E-state index < -0.39 is 0 Å². The van der Waals surface area contributed by atoms with E-state index in [4.69, 9.17) is 0 Å². The molecule has 1 aliphatic carbocycles. The number of aryl methyl sites for hydroxylation is 1. The lowest BCUT2D eigenvalue weighted by atomic mass is 10.1. The van der Waals surface area contributed by atoms with E-state index in [0.717, 1.165) is 23.9 Å². The van der Waals surface area contributed by atoms with E-state index in [1.807, 2.05) is 31.2 Å². The summed E-state index contributed by atoms with van der Waals surface area (Å²) in [6, 6.07) is 12.9. The molecule has 0 bridgehead atoms. The molecule has 5 heteroatoms. The van der Waals surface area contributed by atoms with Crippen LogP contribution in [0.1, 0.15) is 29.8 Å². The van der Waals surface area contributed by atoms with Gasteiger partial charge in [-0.1, -0.05) is 30.3 Å². The summed E-state index contributed by atoms with van der Waals surface area (Å²) in [5, 5.41) is 0.607. The first-order chi connectivity index (χ1) is 12.1. The van der Waals surface area contributed by atoms with E-state index >= 15 is 0 Å². The van der Waals surface area contributed by atoms with Crippen molar-refractivity contribution in [2.45, 2.75) is 38.9 Å². The minimum Gasteiger partial charge on any atom is -0.309 e. The highest BCUT2D eigenvalue weighted by Gasteiger charge is 2.30. The first-order valence-electron chi connectivity index (χ1n) is 8.58. The predicted molar refractivity (Wildman–Crippen MR) is 95.8 cm³/mol. The van der Waals surface area contributed by atoms with Crippen molar-refractivity contribution in [1.82, 2.24) is 14.9 Å². The molecule has 1 saturated carbocycles. The van der Waals surface area contributed by atoms with Crippen LogP contribution in [0.15, 0.2) is 47.3 Å². The van der Waals surface area contributed by atoms with Gasteiger partial charge in [0, 0.05) is 18.2 Å². The van der Waals surface area contributed by atoms with Crippen molar-refractivity contribution >= 4 is 10.9 Å². The number of hydrogen-bond acceptors (Lipinski definition) is 3. The normalized spacial score (nSPS) is 14.4. The highest BCUT2D eigenvalue weighted by Crippen LogP contribution is 2.30. The summed E-state index contributed by atoms with van der Waals surface area (Å²) in [5.74, 6) is 0.444. The molecule has 1 fully saturated rings. The highest BCUT2D eigenvalue weighted by atomic mass is 19.1. The first-order valence-corrected chi connectivity index (χ1v) is 8.58. The van der Waals surface area contributed by atoms with Gasteiger partial charge in [-0.05, 0) is 37.5 Å². The lowest BCUT2D eigenvalue weighted by Crippen LogP contribution is -2.28. The molecule has 1 aromatic heterocycles. The van der Waals surface area contributed by atoms with Crippen LogP contribution in [0.5, 0.6) is 0 Å². The molecule has 128 valence electrons. The molecule has 1 N–H and O–H groups in total. The maximum absolute atomic E-state index is 14.0. The summed E-state index contributed by atoms with van der Waals surface area (Å²) in [6.07, 6.45) is 2.20. The summed E-state index contributed by atoms with van der Waals surface area (Å²) in [4.78, 5) is 22.1. The number of fused-ring (bicyclic) bond motifs is 1. The predicted octanol–water partition coefficient (Wildman–Crippen LogP) is 3.54. The van der Waals surface area contributed by atoms with Gasteiger partial charge in [0.15, 0.2) is 0 Å². The quantitative estimate of drug-likeness (QED) is 0.775. The summed E-state index contributed by atoms with van der Waals surface area (Å²) >= 11 is 0. The Morgan fingerprint density at radius 1 is 1.16 bits per heavy atom. The summed E-state index contributed by atoms with van der Waals surface area (Å²) in [5.41, 5.74) is 2.28. The topological polar surface area (TPSA) is 49.0 Å². The number of halogens is 1. The zero-order chi connectivity index (χ0) is 17.4. The number of hydrogen-bond donors (Lipinski definition) is 1. The molecule has 1 aliphatic rings. The average Bonchev–Trinajstić information content (AvgIpc) is 3.42. The highest BCUT2D eigenvalue weighted by molar-refractivity contribution is 5.80. The molecule has 0 aliphatic heterocycles. The Kier molecular flexibility index (Phi) is 4.09. The Hall–Kier alpha value is -2.53. The molecule has 4 rings (SSSR count). The van der Waals surface area contributed by atoms with Gasteiger partial charge in [-0.3, -0.25) is 9.69 Å². The number of para-hydroxylation sites is 1. The van der Waals surface area contributed by atoms with Crippen molar-refractivity contribution in [2.24, 2.45) is 0 Å². The van der Waals surface area contributed by atoms with E-state index in [-0.39, 0.29) is 11.4 Å². The van der Waals surface area contributed by atoms with Crippen LogP contribution in [0, 0.1) is 12.7 Å². The molecule has 4 nitrogen and oxygen atoms in total. The largest absolute Gasteiger partial charge is 0.309 e. The summed E-state index contributed by atoms with van der Waals surface area (Å²) in [7, 11) is 0. The van der Waals surface area contributed by atoms with Gasteiger partial charge in [0.2, 0.25) is 0 Å². The second-order valence-electron chi connectivity index (χ2n) is 6.71. The monoisotopic (exact) mass is 337 g/mol. The Balaban J connectivity index is 1.65. The number of aromatic nitrogens is 2. The molecular weight excluding hydrogens is 317 g/mol. The SMILES string of the molecule is Cc1cccc2c(=O)[nH]c(CN(Cc3ccccc3F)C3CC3)nc12. The standard InChI is InChI=1S/C20H20FN3O/c1-13-5-4-7-16-19(13)22-18(23-20(16)25)12-24(15-9-10-15)11-14-6-2-3-8-17(14)21/h2-8,15H,9-12H2,1H3,(H,22,23,25). The number of H-pyrrole nitrogens is 1. The van der Waals surface area contributed by atoms with Crippen LogP contribution in [0.3, 0.4) is 0 Å². The second-order valence-corrected chi connectivity index (χ2v) is 6.71. The molecule has 25 heavy (non-hydrogen) atoms. The third-order valence-corrected chi connectivity index (χ3v) is 4.73. The lowest BCUT2D eigenvalue weighted by molar-refractivity contribution is 0.236. The van der Waals surface area contributed by atoms with Crippen LogP contribution in [0.2, 0.25) is 0 Å². The Morgan fingerprint density at radius 3 is 2.72 bits per heavy atom. The minimum absolute atomic E-state index is 0.120. The number of aromatic amines is 1. The maximum Gasteiger partial charge on any atom is 0.258 e. The molecule has 3 aromatic rings. The smallest absolute Gasteiger partial charge is 0.258 e. The van der Waals surface area contributed by atoms with Crippen LogP contribution in [0.25, 0.3) is 10.9 Å². The van der Waals surface area contributed by atoms with Crippen LogP contribution in [-0.4, -0.2) is 20.9 Å². The zero-order valence-electron chi connectivity index (χ0n) is 14.1. The maximum atomic E-state index is 14.0.